The van der Waals surface area contributed by atoms with Crippen LogP contribution in [0, 0.1) is 10.1 Å². The van der Waals surface area contributed by atoms with Crippen molar-refractivity contribution >= 4 is 40.6 Å². The summed E-state index contributed by atoms with van der Waals surface area (Å²) in [6, 6.07) is 3.58. The summed E-state index contributed by atoms with van der Waals surface area (Å²) in [5.74, 6) is -0.422. The maximum absolute atomic E-state index is 11.9. The fourth-order valence-electron chi connectivity index (χ4n) is 1.38. The van der Waals surface area contributed by atoms with Crippen LogP contribution in [0.1, 0.15) is 10.4 Å². The van der Waals surface area contributed by atoms with Gasteiger partial charge in [0.05, 0.1) is 17.3 Å². The van der Waals surface area contributed by atoms with E-state index in [1.807, 2.05) is 0 Å². The van der Waals surface area contributed by atoms with Gasteiger partial charge in [0.15, 0.2) is 5.82 Å². The number of anilines is 1. The number of nitrogens with zero attached hydrogens (tertiary/aromatic N) is 3. The summed E-state index contributed by atoms with van der Waals surface area (Å²) >= 11 is 11.3. The highest BCUT2D eigenvalue weighted by Crippen LogP contribution is 2.21. The normalized spacial score (nSPS) is 10.1. The first kappa shape index (κ1) is 14.2. The molecule has 1 aromatic carbocycles. The number of halogens is 2. The Morgan fingerprint density at radius 3 is 2.55 bits per heavy atom. The average Bonchev–Trinajstić information content (AvgIpc) is 2.40. The molecule has 0 atom stereocenters. The van der Waals surface area contributed by atoms with Crippen LogP contribution in [0.3, 0.4) is 0 Å². The van der Waals surface area contributed by atoms with E-state index in [9.17, 15) is 14.9 Å². The zero-order valence-corrected chi connectivity index (χ0v) is 11.2. The summed E-state index contributed by atoms with van der Waals surface area (Å²) < 4.78 is 0. The van der Waals surface area contributed by atoms with Gasteiger partial charge in [-0.15, -0.1) is 0 Å². The number of rotatable bonds is 3. The van der Waals surface area contributed by atoms with Gasteiger partial charge in [0.25, 0.3) is 11.6 Å². The van der Waals surface area contributed by atoms with Gasteiger partial charge >= 0.3 is 0 Å². The Kier molecular flexibility index (Phi) is 4.11. The molecule has 0 spiro atoms. The number of hydrogen-bond acceptors (Lipinski definition) is 5. The molecule has 2 rings (SSSR count). The van der Waals surface area contributed by atoms with Crippen LogP contribution in [0.4, 0.5) is 11.5 Å². The van der Waals surface area contributed by atoms with Gasteiger partial charge in [0, 0.05) is 22.7 Å². The number of carbonyl (C=O) groups excluding carboxylic acids is 1. The third-order valence-electron chi connectivity index (χ3n) is 2.22. The molecule has 1 heterocycles. The van der Waals surface area contributed by atoms with Crippen LogP contribution in [0.5, 0.6) is 0 Å². The van der Waals surface area contributed by atoms with Crippen LogP contribution >= 0.6 is 23.2 Å². The van der Waals surface area contributed by atoms with Crippen LogP contribution < -0.4 is 5.32 Å². The highest BCUT2D eigenvalue weighted by molar-refractivity contribution is 6.31. The number of non-ortho nitro benzene ring substituents is 1. The van der Waals surface area contributed by atoms with Crippen molar-refractivity contribution < 1.29 is 9.72 Å². The molecule has 9 heteroatoms. The second-order valence-electron chi connectivity index (χ2n) is 3.63. The molecule has 0 fully saturated rings. The maximum atomic E-state index is 11.9. The van der Waals surface area contributed by atoms with Crippen molar-refractivity contribution in [2.75, 3.05) is 5.32 Å². The second-order valence-corrected chi connectivity index (χ2v) is 4.46. The minimum Gasteiger partial charge on any atom is -0.305 e. The number of nitro benzene ring substituents is 1. The lowest BCUT2D eigenvalue weighted by atomic mass is 10.2. The van der Waals surface area contributed by atoms with E-state index < -0.39 is 10.8 Å². The van der Waals surface area contributed by atoms with E-state index in [2.05, 4.69) is 15.3 Å². The molecule has 1 amide bonds. The van der Waals surface area contributed by atoms with E-state index in [1.54, 1.807) is 0 Å². The second kappa shape index (κ2) is 5.81. The molecular weight excluding hydrogens is 307 g/mol. The van der Waals surface area contributed by atoms with E-state index in [-0.39, 0.29) is 27.2 Å². The van der Waals surface area contributed by atoms with Crippen LogP contribution in [0.15, 0.2) is 30.6 Å². The Hall–Kier alpha value is -2.25. The van der Waals surface area contributed by atoms with Gasteiger partial charge in [0.1, 0.15) is 5.15 Å². The fraction of sp³-hybridized carbons (Fsp3) is 0. The van der Waals surface area contributed by atoms with Crippen molar-refractivity contribution in [3.8, 4) is 0 Å². The standard InChI is InChI=1S/C11H6Cl2N4O3/c12-7-1-6(2-8(3-7)17(19)20)11(18)16-10-5-14-9(13)4-15-10/h1-5H,(H,15,16,18). The molecule has 7 nitrogen and oxygen atoms in total. The van der Waals surface area contributed by atoms with Crippen LogP contribution in [-0.2, 0) is 0 Å². The summed E-state index contributed by atoms with van der Waals surface area (Å²) in [7, 11) is 0. The zero-order valence-electron chi connectivity index (χ0n) is 9.71. The van der Waals surface area contributed by atoms with Gasteiger partial charge in [0.2, 0.25) is 0 Å². The Morgan fingerprint density at radius 1 is 1.20 bits per heavy atom. The van der Waals surface area contributed by atoms with E-state index >= 15 is 0 Å². The van der Waals surface area contributed by atoms with Gasteiger partial charge in [-0.1, -0.05) is 23.2 Å². The van der Waals surface area contributed by atoms with Crippen molar-refractivity contribution in [1.29, 1.82) is 0 Å². The van der Waals surface area contributed by atoms with Crippen LogP contribution in [0.25, 0.3) is 0 Å². The third kappa shape index (κ3) is 3.40. The summed E-state index contributed by atoms with van der Waals surface area (Å²) in [6.07, 6.45) is 2.52. The summed E-state index contributed by atoms with van der Waals surface area (Å²) in [5, 5.41) is 13.4. The number of aromatic nitrogens is 2. The van der Waals surface area contributed by atoms with Crippen molar-refractivity contribution in [1.82, 2.24) is 9.97 Å². The number of nitro groups is 1. The topological polar surface area (TPSA) is 98.0 Å². The number of hydrogen-bond donors (Lipinski definition) is 1. The quantitative estimate of drug-likeness (QED) is 0.694. The van der Waals surface area contributed by atoms with Gasteiger partial charge in [-0.3, -0.25) is 14.9 Å². The number of nitrogens with one attached hydrogen (secondary N) is 1. The predicted molar refractivity (Wildman–Crippen MR) is 73.1 cm³/mol. The molecule has 0 aliphatic carbocycles. The molecule has 1 aromatic heterocycles. The Balaban J connectivity index is 2.25. The highest BCUT2D eigenvalue weighted by atomic mass is 35.5. The predicted octanol–water partition coefficient (Wildman–Crippen LogP) is 2.94. The molecule has 20 heavy (non-hydrogen) atoms. The molecule has 102 valence electrons. The SMILES string of the molecule is O=C(Nc1cnc(Cl)cn1)c1cc(Cl)cc([N+](=O)[O-])c1. The largest absolute Gasteiger partial charge is 0.305 e. The van der Waals surface area contributed by atoms with Crippen LogP contribution in [-0.4, -0.2) is 20.8 Å². The fourth-order valence-corrected chi connectivity index (χ4v) is 1.70. The molecule has 0 aliphatic rings. The minimum absolute atomic E-state index is 0.0425. The number of benzene rings is 1. The summed E-state index contributed by atoms with van der Waals surface area (Å²) in [5.41, 5.74) is -0.231. The first-order valence-electron chi connectivity index (χ1n) is 5.19. The lowest BCUT2D eigenvalue weighted by Crippen LogP contribution is -2.13. The number of amides is 1. The first-order valence-corrected chi connectivity index (χ1v) is 5.95. The van der Waals surface area contributed by atoms with Crippen molar-refractivity contribution in [2.45, 2.75) is 0 Å². The molecule has 1 N–H and O–H groups in total. The maximum Gasteiger partial charge on any atom is 0.271 e. The molecule has 0 saturated carbocycles. The summed E-state index contributed by atoms with van der Waals surface area (Å²) in [6.45, 7) is 0. The molecule has 0 saturated heterocycles. The van der Waals surface area contributed by atoms with Crippen LogP contribution in [0.2, 0.25) is 10.2 Å². The lowest BCUT2D eigenvalue weighted by molar-refractivity contribution is -0.384. The van der Waals surface area contributed by atoms with E-state index in [1.165, 1.54) is 18.5 Å². The molecule has 0 unspecified atom stereocenters. The van der Waals surface area contributed by atoms with Crippen molar-refractivity contribution in [2.24, 2.45) is 0 Å². The highest BCUT2D eigenvalue weighted by Gasteiger charge is 2.14. The lowest BCUT2D eigenvalue weighted by Gasteiger charge is -2.04. The average molecular weight is 313 g/mol. The first-order chi connectivity index (χ1) is 9.45. The Morgan fingerprint density at radius 2 is 1.95 bits per heavy atom. The molecule has 2 aromatic rings. The van der Waals surface area contributed by atoms with Gasteiger partial charge in [-0.25, -0.2) is 9.97 Å². The van der Waals surface area contributed by atoms with Crippen molar-refractivity contribution in [3.63, 3.8) is 0 Å². The molecule has 0 radical (unpaired) electrons. The van der Waals surface area contributed by atoms with E-state index in [0.29, 0.717) is 0 Å². The Labute approximate surface area is 122 Å². The third-order valence-corrected chi connectivity index (χ3v) is 2.63. The van der Waals surface area contributed by atoms with Gasteiger partial charge in [-0.05, 0) is 6.07 Å². The molecule has 0 bridgehead atoms. The number of carbonyl (C=O) groups is 1. The molecule has 0 aliphatic heterocycles. The van der Waals surface area contributed by atoms with E-state index in [4.69, 9.17) is 23.2 Å². The monoisotopic (exact) mass is 312 g/mol. The van der Waals surface area contributed by atoms with Gasteiger partial charge < -0.3 is 5.32 Å². The van der Waals surface area contributed by atoms with E-state index in [0.717, 1.165) is 12.1 Å². The van der Waals surface area contributed by atoms with Crippen molar-refractivity contribution in [3.05, 3.63) is 56.4 Å². The minimum atomic E-state index is -0.634. The van der Waals surface area contributed by atoms with Gasteiger partial charge in [-0.2, -0.15) is 0 Å². The zero-order chi connectivity index (χ0) is 14.7. The Bertz CT molecular complexity index is 676. The molecular formula is C11H6Cl2N4O3. The summed E-state index contributed by atoms with van der Waals surface area (Å²) in [4.78, 5) is 29.6. The smallest absolute Gasteiger partial charge is 0.271 e.